The molecule has 2 aliphatic rings. The molecule has 0 radical (unpaired) electrons. The molecule has 4 heteroatoms. The van der Waals surface area contributed by atoms with Crippen molar-refractivity contribution in [3.8, 4) is 0 Å². The summed E-state index contributed by atoms with van der Waals surface area (Å²) in [6.07, 6.45) is 3.35. The average molecular weight is 204 g/mol. The van der Waals surface area contributed by atoms with Crippen LogP contribution in [0.15, 0.2) is 9.99 Å². The van der Waals surface area contributed by atoms with E-state index < -0.39 is 0 Å². The molecule has 0 aromatic carbocycles. The van der Waals surface area contributed by atoms with Gasteiger partial charge in [0, 0.05) is 42.6 Å². The van der Waals surface area contributed by atoms with Crippen molar-refractivity contribution in [2.75, 3.05) is 6.54 Å². The van der Waals surface area contributed by atoms with Crippen LogP contribution in [-0.4, -0.2) is 12.5 Å². The number of hydrogen-bond donors (Lipinski definition) is 2. The summed E-state index contributed by atoms with van der Waals surface area (Å²) in [6.45, 7) is 1.79. The lowest BCUT2D eigenvalue weighted by Gasteiger charge is -2.11. The van der Waals surface area contributed by atoms with Crippen LogP contribution in [-0.2, 0) is 24.2 Å². The third-order valence-electron chi connectivity index (χ3n) is 3.03. The van der Waals surface area contributed by atoms with Crippen molar-refractivity contribution in [2.24, 2.45) is 5.73 Å². The molecule has 0 saturated carbocycles. The Hall–Kier alpha value is -1.55. The van der Waals surface area contributed by atoms with E-state index >= 15 is 0 Å². The molecule has 3 N–H and O–H groups in total. The summed E-state index contributed by atoms with van der Waals surface area (Å²) in [5.74, 6) is 1.62. The second-order valence-electron chi connectivity index (χ2n) is 3.98. The van der Waals surface area contributed by atoms with Crippen LogP contribution in [0.2, 0.25) is 0 Å². The minimum absolute atomic E-state index is 0.348. The fraction of sp³-hybridized carbons (Fsp3) is 0.364. The summed E-state index contributed by atoms with van der Waals surface area (Å²) in [7, 11) is 0. The standard InChI is InChI=1S/C11H12N2O2/c12-11(14)6-3-7-8-5-13-2-1-9(8)15-10(7)4-6/h3,13H,1-2,4-5H2,(H2,12,14). The molecule has 0 bridgehead atoms. The Morgan fingerprint density at radius 2 is 2.33 bits per heavy atom. The van der Waals surface area contributed by atoms with E-state index in [1.165, 1.54) is 5.56 Å². The van der Waals surface area contributed by atoms with Crippen LogP contribution in [0.3, 0.4) is 0 Å². The summed E-state index contributed by atoms with van der Waals surface area (Å²) < 4.78 is 5.73. The first-order chi connectivity index (χ1) is 7.25. The van der Waals surface area contributed by atoms with E-state index in [0.29, 0.717) is 12.0 Å². The van der Waals surface area contributed by atoms with Gasteiger partial charge in [-0.1, -0.05) is 0 Å². The Bertz CT molecular complexity index is 471. The fourth-order valence-corrected chi connectivity index (χ4v) is 2.25. The lowest BCUT2D eigenvalue weighted by molar-refractivity contribution is -0.114. The summed E-state index contributed by atoms with van der Waals surface area (Å²) in [4.78, 5) is 11.0. The van der Waals surface area contributed by atoms with Gasteiger partial charge in [-0.3, -0.25) is 4.79 Å². The topological polar surface area (TPSA) is 68.3 Å². The molecule has 0 unspecified atom stereocenters. The predicted molar refractivity (Wildman–Crippen MR) is 55.0 cm³/mol. The number of fused-ring (bicyclic) bond motifs is 3. The number of primary amides is 1. The maximum Gasteiger partial charge on any atom is 0.245 e. The molecule has 1 aliphatic heterocycles. The molecule has 0 fully saturated rings. The molecule has 0 saturated heterocycles. The number of carbonyl (C=O) groups is 1. The number of hydrogen-bond acceptors (Lipinski definition) is 3. The van der Waals surface area contributed by atoms with Gasteiger partial charge in [0.1, 0.15) is 11.5 Å². The maximum atomic E-state index is 11.0. The number of furan rings is 1. The van der Waals surface area contributed by atoms with Crippen molar-refractivity contribution in [1.29, 1.82) is 0 Å². The highest BCUT2D eigenvalue weighted by molar-refractivity contribution is 5.99. The number of nitrogens with one attached hydrogen (secondary N) is 1. The largest absolute Gasteiger partial charge is 0.465 e. The van der Waals surface area contributed by atoms with Gasteiger partial charge in [-0.25, -0.2) is 0 Å². The van der Waals surface area contributed by atoms with E-state index in [1.54, 1.807) is 0 Å². The molecular weight excluding hydrogens is 192 g/mol. The summed E-state index contributed by atoms with van der Waals surface area (Å²) in [5.41, 5.74) is 8.17. The van der Waals surface area contributed by atoms with Crippen molar-refractivity contribution in [3.63, 3.8) is 0 Å². The second kappa shape index (κ2) is 2.97. The van der Waals surface area contributed by atoms with Crippen LogP contribution in [0.25, 0.3) is 6.08 Å². The van der Waals surface area contributed by atoms with Gasteiger partial charge in [-0.05, 0) is 6.08 Å². The Labute approximate surface area is 87.1 Å². The summed E-state index contributed by atoms with van der Waals surface area (Å²) in [6, 6.07) is 0. The number of rotatable bonds is 1. The zero-order valence-electron chi connectivity index (χ0n) is 8.30. The van der Waals surface area contributed by atoms with Gasteiger partial charge >= 0.3 is 0 Å². The second-order valence-corrected chi connectivity index (χ2v) is 3.98. The van der Waals surface area contributed by atoms with E-state index in [-0.39, 0.29) is 5.91 Å². The first kappa shape index (κ1) is 8.73. The molecule has 1 aromatic rings. The van der Waals surface area contributed by atoms with Crippen molar-refractivity contribution >= 4 is 12.0 Å². The van der Waals surface area contributed by atoms with Crippen molar-refractivity contribution in [3.05, 3.63) is 28.2 Å². The molecule has 4 nitrogen and oxygen atoms in total. The Kier molecular flexibility index (Phi) is 1.73. The highest BCUT2D eigenvalue weighted by Crippen LogP contribution is 2.33. The molecule has 3 rings (SSSR count). The quantitative estimate of drug-likeness (QED) is 0.693. The fourth-order valence-electron chi connectivity index (χ4n) is 2.25. The van der Waals surface area contributed by atoms with Gasteiger partial charge in [-0.2, -0.15) is 0 Å². The summed E-state index contributed by atoms with van der Waals surface area (Å²) in [5, 5.41) is 3.30. The normalized spacial score (nSPS) is 18.3. The minimum Gasteiger partial charge on any atom is -0.465 e. The minimum atomic E-state index is -0.348. The average Bonchev–Trinajstić information content (AvgIpc) is 2.73. The van der Waals surface area contributed by atoms with Gasteiger partial charge < -0.3 is 15.5 Å². The monoisotopic (exact) mass is 204 g/mol. The van der Waals surface area contributed by atoms with E-state index in [2.05, 4.69) is 5.32 Å². The first-order valence-corrected chi connectivity index (χ1v) is 5.10. The maximum absolute atomic E-state index is 11.0. The number of nitrogens with two attached hydrogens (primary N) is 1. The molecule has 0 spiro atoms. The molecule has 78 valence electrons. The Balaban J connectivity index is 2.07. The van der Waals surface area contributed by atoms with Crippen LogP contribution < -0.4 is 11.1 Å². The van der Waals surface area contributed by atoms with Crippen LogP contribution in [0.1, 0.15) is 22.6 Å². The van der Waals surface area contributed by atoms with E-state index in [1.807, 2.05) is 6.08 Å². The smallest absolute Gasteiger partial charge is 0.245 e. The molecular formula is C11H12N2O2. The Morgan fingerprint density at radius 3 is 3.13 bits per heavy atom. The van der Waals surface area contributed by atoms with Gasteiger partial charge in [-0.15, -0.1) is 0 Å². The molecule has 1 amide bonds. The van der Waals surface area contributed by atoms with Crippen LogP contribution in [0.4, 0.5) is 0 Å². The Morgan fingerprint density at radius 1 is 1.47 bits per heavy atom. The van der Waals surface area contributed by atoms with Crippen LogP contribution >= 0.6 is 0 Å². The molecule has 15 heavy (non-hydrogen) atoms. The van der Waals surface area contributed by atoms with Gasteiger partial charge in [0.15, 0.2) is 0 Å². The third kappa shape index (κ3) is 1.22. The van der Waals surface area contributed by atoms with Crippen molar-refractivity contribution < 1.29 is 9.21 Å². The van der Waals surface area contributed by atoms with Crippen LogP contribution in [0, 0.1) is 0 Å². The predicted octanol–water partition coefficient (Wildman–Crippen LogP) is 0.350. The summed E-state index contributed by atoms with van der Waals surface area (Å²) >= 11 is 0. The zero-order valence-corrected chi connectivity index (χ0v) is 8.30. The van der Waals surface area contributed by atoms with E-state index in [4.69, 9.17) is 10.2 Å². The first-order valence-electron chi connectivity index (χ1n) is 5.10. The zero-order chi connectivity index (χ0) is 10.4. The molecule has 1 aliphatic carbocycles. The number of amides is 1. The van der Waals surface area contributed by atoms with E-state index in [0.717, 1.165) is 36.6 Å². The molecule has 1 aromatic heterocycles. The molecule has 2 heterocycles. The highest BCUT2D eigenvalue weighted by Gasteiger charge is 2.27. The van der Waals surface area contributed by atoms with Gasteiger partial charge in [0.05, 0.1) is 0 Å². The molecule has 0 atom stereocenters. The SMILES string of the molecule is NC(=O)C1=Cc2c(oc3c2CNCC3)C1. The highest BCUT2D eigenvalue weighted by atomic mass is 16.3. The lowest BCUT2D eigenvalue weighted by atomic mass is 10.1. The van der Waals surface area contributed by atoms with Crippen molar-refractivity contribution in [1.82, 2.24) is 5.32 Å². The lowest BCUT2D eigenvalue weighted by Crippen LogP contribution is -2.22. The van der Waals surface area contributed by atoms with Crippen molar-refractivity contribution in [2.45, 2.75) is 19.4 Å². The van der Waals surface area contributed by atoms with Gasteiger partial charge in [0.25, 0.3) is 0 Å². The van der Waals surface area contributed by atoms with Gasteiger partial charge in [0.2, 0.25) is 5.91 Å². The van der Waals surface area contributed by atoms with E-state index in [9.17, 15) is 4.79 Å². The van der Waals surface area contributed by atoms with Crippen LogP contribution in [0.5, 0.6) is 0 Å². The third-order valence-corrected chi connectivity index (χ3v) is 3.03. The number of carbonyl (C=O) groups excluding carboxylic acids is 1.